The molecule has 1 saturated carbocycles. The Morgan fingerprint density at radius 2 is 1.54 bits per heavy atom. The Bertz CT molecular complexity index is 2310. The first kappa shape index (κ1) is 44.0. The molecule has 18 nitrogen and oxygen atoms in total. The monoisotopic (exact) mass is 873 g/mol. The molecule has 1 aliphatic carbocycles. The molecule has 1 saturated heterocycles. The van der Waals surface area contributed by atoms with Crippen LogP contribution in [0.15, 0.2) is 91.4 Å². The van der Waals surface area contributed by atoms with Crippen molar-refractivity contribution < 1.29 is 46.9 Å². The van der Waals surface area contributed by atoms with Crippen LogP contribution >= 0.6 is 0 Å². The number of aromatic nitrogens is 5. The van der Waals surface area contributed by atoms with Gasteiger partial charge in [0, 0.05) is 50.9 Å². The number of benzene rings is 2. The molecule has 3 aromatic heterocycles. The van der Waals surface area contributed by atoms with Crippen molar-refractivity contribution in [3.63, 3.8) is 0 Å². The van der Waals surface area contributed by atoms with Crippen LogP contribution in [0.2, 0.25) is 0 Å². The minimum Gasteiger partial charge on any atom is -0.453 e. The summed E-state index contributed by atoms with van der Waals surface area (Å²) in [6.45, 7) is 1.72. The van der Waals surface area contributed by atoms with Crippen LogP contribution in [0.3, 0.4) is 0 Å². The molecular weight excluding hydrogens is 828 g/mol. The summed E-state index contributed by atoms with van der Waals surface area (Å²) in [7, 11) is 1.07. The zero-order chi connectivity index (χ0) is 44.5. The predicted octanol–water partition coefficient (Wildman–Crippen LogP) is 3.67. The van der Waals surface area contributed by atoms with Crippen molar-refractivity contribution in [3.8, 4) is 0 Å². The summed E-state index contributed by atoms with van der Waals surface area (Å²) in [6.07, 6.45) is -5.92. The van der Waals surface area contributed by atoms with Gasteiger partial charge in [0.25, 0.3) is 5.91 Å². The molecule has 332 valence electrons. The second-order valence-electron chi connectivity index (χ2n) is 15.0. The third kappa shape index (κ3) is 10.7. The molecule has 4 heterocycles. The minimum atomic E-state index is -5.40. The van der Waals surface area contributed by atoms with Crippen molar-refractivity contribution in [2.45, 2.75) is 61.7 Å². The first-order valence-electron chi connectivity index (χ1n) is 20.3. The Labute approximate surface area is 359 Å². The van der Waals surface area contributed by atoms with E-state index < -0.39 is 54.5 Å². The SMILES string of the molecule is COC(=O)N[C@H]1C[C@@H](n2cnc3c(NCC(c4ccccc4)c4ccccc4)nc(C(=O)NCCNC(=O)NC4CCN(c5ccccn5)CC4)nc32)[C@H](OC(=O)C(F)(F)F)[C@@H]1O. The number of imidazole rings is 1. The van der Waals surface area contributed by atoms with E-state index in [-0.39, 0.29) is 60.8 Å². The number of hydrogen-bond acceptors (Lipinski definition) is 13. The van der Waals surface area contributed by atoms with Gasteiger partial charge in [-0.15, -0.1) is 0 Å². The number of aliphatic hydroxyl groups is 1. The number of alkyl carbamates (subject to hydrolysis) is 1. The standard InChI is InChI=1S/C42H46F3N11O7/c1-62-41(61)52-29-22-30(34(33(29)57)63-39(59)42(43,44)45)56-24-50-32-35(49-23-28(25-10-4-2-5-11-25)26-12-6-3-7-13-26)53-36(54-37(32)56)38(58)47-18-19-48-40(60)51-27-15-20-55(21-16-27)31-14-8-9-17-46-31/h2-14,17,24,27-30,33-34,57H,15-16,18-23H2,1H3,(H,47,58)(H,52,61)(H2,48,51,60)(H,49,53,54)/t29-,30+,33+,34-/m0/s1. The lowest BCUT2D eigenvalue weighted by molar-refractivity contribution is -0.209. The van der Waals surface area contributed by atoms with Crippen molar-refractivity contribution in [2.24, 2.45) is 0 Å². The van der Waals surface area contributed by atoms with E-state index in [1.165, 1.54) is 10.9 Å². The Morgan fingerprint density at radius 3 is 2.17 bits per heavy atom. The van der Waals surface area contributed by atoms with Gasteiger partial charge in [0.2, 0.25) is 5.82 Å². The van der Waals surface area contributed by atoms with E-state index in [1.54, 1.807) is 6.20 Å². The van der Waals surface area contributed by atoms with Gasteiger partial charge >= 0.3 is 24.3 Å². The predicted molar refractivity (Wildman–Crippen MR) is 222 cm³/mol. The lowest BCUT2D eigenvalue weighted by atomic mass is 9.91. The van der Waals surface area contributed by atoms with Crippen LogP contribution in [0.25, 0.3) is 11.2 Å². The lowest BCUT2D eigenvalue weighted by Gasteiger charge is -2.33. The molecule has 4 atom stereocenters. The maximum Gasteiger partial charge on any atom is 0.490 e. The topological polar surface area (TPSA) is 227 Å². The Morgan fingerprint density at radius 1 is 0.873 bits per heavy atom. The molecule has 5 aromatic rings. The number of fused-ring (bicyclic) bond motifs is 1. The van der Waals surface area contributed by atoms with Gasteiger partial charge in [-0.3, -0.25) is 4.79 Å². The van der Waals surface area contributed by atoms with Gasteiger partial charge in [-0.25, -0.2) is 34.3 Å². The summed E-state index contributed by atoms with van der Waals surface area (Å²) in [4.78, 5) is 70.8. The zero-order valence-corrected chi connectivity index (χ0v) is 34.0. The number of pyridine rings is 1. The highest BCUT2D eigenvalue weighted by Gasteiger charge is 2.51. The average molecular weight is 874 g/mol. The van der Waals surface area contributed by atoms with E-state index in [1.807, 2.05) is 78.9 Å². The molecule has 1 aliphatic heterocycles. The summed E-state index contributed by atoms with van der Waals surface area (Å²) < 4.78 is 51.2. The number of halogens is 3. The number of amides is 4. The second-order valence-corrected chi connectivity index (χ2v) is 15.0. The van der Waals surface area contributed by atoms with Crippen LogP contribution in [-0.4, -0.2) is 124 Å². The summed E-state index contributed by atoms with van der Waals surface area (Å²) in [5.74, 6) is -2.92. The Balaban J connectivity index is 1.11. The third-order valence-electron chi connectivity index (χ3n) is 10.9. The van der Waals surface area contributed by atoms with Crippen LogP contribution in [0.1, 0.15) is 53.0 Å². The number of carbonyl (C=O) groups excluding carboxylic acids is 4. The van der Waals surface area contributed by atoms with Crippen LogP contribution in [-0.2, 0) is 14.3 Å². The van der Waals surface area contributed by atoms with Gasteiger partial charge in [0.1, 0.15) is 17.4 Å². The molecule has 63 heavy (non-hydrogen) atoms. The molecule has 4 amide bonds. The van der Waals surface area contributed by atoms with E-state index in [4.69, 9.17) is 4.74 Å². The number of ether oxygens (including phenoxy) is 2. The molecule has 2 aliphatic rings. The molecule has 0 bridgehead atoms. The van der Waals surface area contributed by atoms with E-state index in [2.05, 4.69) is 56.2 Å². The van der Waals surface area contributed by atoms with Crippen molar-refractivity contribution in [1.82, 2.24) is 45.8 Å². The summed E-state index contributed by atoms with van der Waals surface area (Å²) >= 11 is 0. The molecule has 2 aromatic carbocycles. The number of alkyl halides is 3. The van der Waals surface area contributed by atoms with Crippen molar-refractivity contribution in [2.75, 3.05) is 50.1 Å². The van der Waals surface area contributed by atoms with E-state index in [0.29, 0.717) is 0 Å². The van der Waals surface area contributed by atoms with Crippen LogP contribution in [0.5, 0.6) is 0 Å². The highest BCUT2D eigenvalue weighted by atomic mass is 19.4. The molecular formula is C42H46F3N11O7. The number of esters is 1. The Hall–Kier alpha value is -7.03. The smallest absolute Gasteiger partial charge is 0.453 e. The lowest BCUT2D eigenvalue weighted by Crippen LogP contribution is -2.49. The molecule has 0 unspecified atom stereocenters. The quantitative estimate of drug-likeness (QED) is 0.0693. The average Bonchev–Trinajstić information content (AvgIpc) is 3.85. The van der Waals surface area contributed by atoms with Gasteiger partial charge < -0.3 is 50.6 Å². The van der Waals surface area contributed by atoms with Crippen molar-refractivity contribution in [3.05, 3.63) is 108 Å². The van der Waals surface area contributed by atoms with E-state index >= 15 is 0 Å². The Kier molecular flexibility index (Phi) is 13.8. The molecule has 6 N–H and O–H groups in total. The fourth-order valence-corrected chi connectivity index (χ4v) is 7.80. The number of urea groups is 1. The number of nitrogens with zero attached hydrogens (tertiary/aromatic N) is 6. The zero-order valence-electron chi connectivity index (χ0n) is 34.0. The van der Waals surface area contributed by atoms with Gasteiger partial charge in [-0.1, -0.05) is 66.7 Å². The number of hydrogen-bond donors (Lipinski definition) is 6. The van der Waals surface area contributed by atoms with Crippen molar-refractivity contribution in [1.29, 1.82) is 0 Å². The summed E-state index contributed by atoms with van der Waals surface area (Å²) in [6, 6.07) is 22.0. The second kappa shape index (κ2) is 19.8. The number of methoxy groups -OCH3 is 1. The number of piperidine rings is 1. The number of carbonyl (C=O) groups is 4. The van der Waals surface area contributed by atoms with Gasteiger partial charge in [0.15, 0.2) is 17.6 Å². The van der Waals surface area contributed by atoms with Crippen molar-refractivity contribution >= 4 is 46.8 Å². The van der Waals surface area contributed by atoms with E-state index in [9.17, 15) is 37.5 Å². The number of rotatable bonds is 14. The molecule has 2 fully saturated rings. The maximum absolute atomic E-state index is 13.7. The molecule has 7 rings (SSSR count). The van der Waals surface area contributed by atoms with Crippen LogP contribution < -0.4 is 31.5 Å². The number of anilines is 2. The normalized spacial score (nSPS) is 19.0. The summed E-state index contributed by atoms with van der Waals surface area (Å²) in [5, 5.41) is 25.2. The summed E-state index contributed by atoms with van der Waals surface area (Å²) in [5.41, 5.74) is 1.99. The van der Waals surface area contributed by atoms with Crippen LogP contribution in [0, 0.1) is 0 Å². The maximum atomic E-state index is 13.7. The minimum absolute atomic E-state index is 0.0248. The van der Waals surface area contributed by atoms with Crippen LogP contribution in [0.4, 0.5) is 34.4 Å². The molecule has 0 radical (unpaired) electrons. The fraction of sp³-hybridized carbons (Fsp3) is 0.381. The highest BCUT2D eigenvalue weighted by Crippen LogP contribution is 2.37. The third-order valence-corrected chi connectivity index (χ3v) is 10.9. The number of nitrogens with one attached hydrogen (secondary N) is 5. The van der Waals surface area contributed by atoms with Gasteiger partial charge in [-0.05, 0) is 42.5 Å². The fourth-order valence-electron chi connectivity index (χ4n) is 7.80. The largest absolute Gasteiger partial charge is 0.490 e. The first-order chi connectivity index (χ1) is 30.4. The molecule has 0 spiro atoms. The van der Waals surface area contributed by atoms with Gasteiger partial charge in [-0.2, -0.15) is 13.2 Å². The van der Waals surface area contributed by atoms with Gasteiger partial charge in [0.05, 0.1) is 25.5 Å². The highest BCUT2D eigenvalue weighted by molar-refractivity contribution is 5.94. The first-order valence-corrected chi connectivity index (χ1v) is 20.3. The number of aliphatic hydroxyl groups excluding tert-OH is 1. The van der Waals surface area contributed by atoms with E-state index in [0.717, 1.165) is 50.0 Å². The molecule has 21 heteroatoms.